The molecule has 30 heavy (non-hydrogen) atoms. The van der Waals surface area contributed by atoms with E-state index in [2.05, 4.69) is 11.1 Å². The molecule has 0 bridgehead atoms. The van der Waals surface area contributed by atoms with E-state index in [1.54, 1.807) is 25.3 Å². The Kier molecular flexibility index (Phi) is 4.86. The van der Waals surface area contributed by atoms with Gasteiger partial charge in [0.1, 0.15) is 32.9 Å². The lowest BCUT2D eigenvalue weighted by atomic mass is 9.96. The number of nitriles is 1. The average molecular weight is 414 g/mol. The number of thiophene rings is 1. The largest absolute Gasteiger partial charge is 0.496 e. The Labute approximate surface area is 177 Å². The van der Waals surface area contributed by atoms with E-state index in [4.69, 9.17) is 16.2 Å². The molecule has 148 valence electrons. The van der Waals surface area contributed by atoms with Crippen molar-refractivity contribution in [3.05, 3.63) is 70.1 Å². The Hall–Kier alpha value is -3.89. The molecule has 0 fully saturated rings. The lowest BCUT2D eigenvalue weighted by molar-refractivity contribution is 0.104. The summed E-state index contributed by atoms with van der Waals surface area (Å²) in [6, 6.07) is 16.7. The Morgan fingerprint density at radius 3 is 2.50 bits per heavy atom. The lowest BCUT2D eigenvalue weighted by Gasteiger charge is -2.13. The fourth-order valence-electron chi connectivity index (χ4n) is 3.41. The van der Waals surface area contributed by atoms with Gasteiger partial charge in [-0.15, -0.1) is 11.3 Å². The van der Waals surface area contributed by atoms with E-state index < -0.39 is 0 Å². The molecule has 0 aliphatic carbocycles. The first-order valence-corrected chi connectivity index (χ1v) is 9.94. The first-order chi connectivity index (χ1) is 14.5. The van der Waals surface area contributed by atoms with Crippen molar-refractivity contribution in [3.8, 4) is 22.9 Å². The SMILES string of the molecule is COc1ccccc1-c1c(C#N)c(N)nc2sc(C(=O)c3ccc(C)cc3)c(N)c12. The zero-order valence-corrected chi connectivity index (χ0v) is 17.2. The van der Waals surface area contributed by atoms with E-state index in [1.165, 1.54) is 11.3 Å². The molecule has 0 radical (unpaired) electrons. The molecule has 0 amide bonds. The number of aromatic nitrogens is 1. The monoisotopic (exact) mass is 414 g/mol. The quantitative estimate of drug-likeness (QED) is 0.474. The summed E-state index contributed by atoms with van der Waals surface area (Å²) in [6.07, 6.45) is 0. The highest BCUT2D eigenvalue weighted by molar-refractivity contribution is 7.21. The highest BCUT2D eigenvalue weighted by Gasteiger charge is 2.26. The molecule has 6 nitrogen and oxygen atoms in total. The number of aryl methyl sites for hydroxylation is 1. The zero-order chi connectivity index (χ0) is 21.4. The molecule has 0 aliphatic heterocycles. The minimum Gasteiger partial charge on any atom is -0.496 e. The van der Waals surface area contributed by atoms with Gasteiger partial charge in [0.25, 0.3) is 0 Å². The highest BCUT2D eigenvalue weighted by Crippen LogP contribution is 2.45. The molecule has 0 spiro atoms. The summed E-state index contributed by atoms with van der Waals surface area (Å²) < 4.78 is 5.49. The number of ether oxygens (including phenoxy) is 1. The van der Waals surface area contributed by atoms with E-state index in [0.29, 0.717) is 37.5 Å². The number of methoxy groups -OCH3 is 1. The summed E-state index contributed by atoms with van der Waals surface area (Å²) in [6.45, 7) is 1.96. The number of para-hydroxylation sites is 1. The van der Waals surface area contributed by atoms with Crippen LogP contribution in [0, 0.1) is 18.3 Å². The number of nitrogen functional groups attached to an aromatic ring is 2. The van der Waals surface area contributed by atoms with Crippen molar-refractivity contribution in [2.24, 2.45) is 0 Å². The van der Waals surface area contributed by atoms with Crippen molar-refractivity contribution in [3.63, 3.8) is 0 Å². The van der Waals surface area contributed by atoms with Crippen molar-refractivity contribution in [1.29, 1.82) is 5.26 Å². The second-order valence-corrected chi connectivity index (χ2v) is 7.78. The second kappa shape index (κ2) is 7.50. The van der Waals surface area contributed by atoms with E-state index in [-0.39, 0.29) is 22.9 Å². The molecule has 0 aliphatic rings. The number of carbonyl (C=O) groups excluding carboxylic acids is 1. The van der Waals surface area contributed by atoms with Crippen LogP contribution in [0.1, 0.15) is 26.4 Å². The molecular formula is C23H18N4O2S. The third kappa shape index (κ3) is 3.04. The van der Waals surface area contributed by atoms with Crippen LogP contribution in [0.15, 0.2) is 48.5 Å². The molecule has 7 heteroatoms. The second-order valence-electron chi connectivity index (χ2n) is 6.78. The minimum atomic E-state index is -0.196. The maximum absolute atomic E-state index is 13.1. The summed E-state index contributed by atoms with van der Waals surface area (Å²) in [7, 11) is 1.55. The Morgan fingerprint density at radius 2 is 1.83 bits per heavy atom. The number of hydrogen-bond acceptors (Lipinski definition) is 7. The van der Waals surface area contributed by atoms with Gasteiger partial charge in [-0.25, -0.2) is 4.98 Å². The minimum absolute atomic E-state index is 0.0847. The number of nitrogens with zero attached hydrogens (tertiary/aromatic N) is 2. The molecule has 4 rings (SSSR count). The van der Waals surface area contributed by atoms with Gasteiger partial charge in [0.05, 0.1) is 12.8 Å². The number of nitrogens with two attached hydrogens (primary N) is 2. The van der Waals surface area contributed by atoms with Crippen LogP contribution in [0.5, 0.6) is 5.75 Å². The Morgan fingerprint density at radius 1 is 1.13 bits per heavy atom. The summed E-state index contributed by atoms with van der Waals surface area (Å²) in [5, 5.41) is 10.3. The van der Waals surface area contributed by atoms with Gasteiger partial charge >= 0.3 is 0 Å². The summed E-state index contributed by atoms with van der Waals surface area (Å²) in [4.78, 5) is 18.4. The maximum atomic E-state index is 13.1. The third-order valence-electron chi connectivity index (χ3n) is 4.91. The first-order valence-electron chi connectivity index (χ1n) is 9.12. The molecular weight excluding hydrogens is 396 g/mol. The predicted molar refractivity (Wildman–Crippen MR) is 120 cm³/mol. The van der Waals surface area contributed by atoms with Gasteiger partial charge in [0, 0.05) is 22.1 Å². The third-order valence-corrected chi connectivity index (χ3v) is 6.01. The molecule has 0 saturated carbocycles. The summed E-state index contributed by atoms with van der Waals surface area (Å²) in [5.74, 6) is 0.456. The standard InChI is InChI=1S/C23H18N4O2S/c1-12-7-9-13(10-8-12)20(28)21-19(25)18-17(14-5-3-4-6-16(14)29-2)15(11-24)22(26)27-23(18)30-21/h3-10H,25H2,1-2H3,(H2,26,27). The van der Waals surface area contributed by atoms with Gasteiger partial charge in [-0.2, -0.15) is 5.26 Å². The molecule has 0 unspecified atom stereocenters. The summed E-state index contributed by atoms with van der Waals surface area (Å²) >= 11 is 1.17. The molecule has 2 heterocycles. The van der Waals surface area contributed by atoms with Crippen LogP contribution in [0.25, 0.3) is 21.3 Å². The van der Waals surface area contributed by atoms with Gasteiger partial charge in [-0.3, -0.25) is 4.79 Å². The van der Waals surface area contributed by atoms with Crippen molar-refractivity contribution in [2.45, 2.75) is 6.92 Å². The summed E-state index contributed by atoms with van der Waals surface area (Å²) in [5.41, 5.74) is 15.8. The molecule has 4 aromatic rings. The number of rotatable bonds is 4. The molecule has 0 saturated heterocycles. The van der Waals surface area contributed by atoms with Crippen molar-refractivity contribution in [2.75, 3.05) is 18.6 Å². The van der Waals surface area contributed by atoms with Crippen LogP contribution in [-0.4, -0.2) is 17.9 Å². The Bertz CT molecular complexity index is 1330. The lowest BCUT2D eigenvalue weighted by Crippen LogP contribution is -2.03. The van der Waals surface area contributed by atoms with Crippen molar-refractivity contribution < 1.29 is 9.53 Å². The predicted octanol–water partition coefficient (Wildman–Crippen LogP) is 4.55. The number of benzene rings is 2. The number of pyridine rings is 1. The van der Waals surface area contributed by atoms with Crippen LogP contribution in [0.3, 0.4) is 0 Å². The number of ketones is 1. The van der Waals surface area contributed by atoms with Crippen LogP contribution in [0.2, 0.25) is 0 Å². The molecule has 0 atom stereocenters. The topological polar surface area (TPSA) is 115 Å². The Balaban J connectivity index is 2.03. The van der Waals surface area contributed by atoms with E-state index in [0.717, 1.165) is 5.56 Å². The van der Waals surface area contributed by atoms with Crippen LogP contribution in [-0.2, 0) is 0 Å². The van der Waals surface area contributed by atoms with Crippen molar-refractivity contribution in [1.82, 2.24) is 4.98 Å². The maximum Gasteiger partial charge on any atom is 0.205 e. The van der Waals surface area contributed by atoms with E-state index in [9.17, 15) is 10.1 Å². The molecule has 2 aromatic carbocycles. The van der Waals surface area contributed by atoms with Crippen LogP contribution >= 0.6 is 11.3 Å². The van der Waals surface area contributed by atoms with Gasteiger partial charge in [0.15, 0.2) is 0 Å². The normalized spacial score (nSPS) is 10.7. The average Bonchev–Trinajstić information content (AvgIpc) is 3.08. The van der Waals surface area contributed by atoms with Gasteiger partial charge in [0.2, 0.25) is 5.78 Å². The smallest absolute Gasteiger partial charge is 0.205 e. The van der Waals surface area contributed by atoms with Gasteiger partial charge in [-0.1, -0.05) is 48.0 Å². The molecule has 4 N–H and O–H groups in total. The number of carbonyl (C=O) groups is 1. The fourth-order valence-corrected chi connectivity index (χ4v) is 4.48. The zero-order valence-electron chi connectivity index (χ0n) is 16.4. The highest BCUT2D eigenvalue weighted by atomic mass is 32.1. The number of fused-ring (bicyclic) bond motifs is 1. The number of anilines is 2. The number of hydrogen-bond donors (Lipinski definition) is 2. The van der Waals surface area contributed by atoms with Gasteiger partial charge in [-0.05, 0) is 13.0 Å². The van der Waals surface area contributed by atoms with Crippen LogP contribution in [0.4, 0.5) is 11.5 Å². The fraction of sp³-hybridized carbons (Fsp3) is 0.0870. The van der Waals surface area contributed by atoms with E-state index in [1.807, 2.05) is 37.3 Å². The first kappa shape index (κ1) is 19.4. The van der Waals surface area contributed by atoms with Crippen molar-refractivity contribution >= 4 is 38.8 Å². The molecule has 2 aromatic heterocycles. The van der Waals surface area contributed by atoms with Gasteiger partial charge < -0.3 is 16.2 Å². The van der Waals surface area contributed by atoms with Crippen LogP contribution < -0.4 is 16.2 Å². The van der Waals surface area contributed by atoms with E-state index >= 15 is 0 Å².